The zero-order valence-electron chi connectivity index (χ0n) is 12.7. The molecule has 1 atom stereocenters. The van der Waals surface area contributed by atoms with Crippen LogP contribution in [0.25, 0.3) is 0 Å². The van der Waals surface area contributed by atoms with Crippen LogP contribution in [0.2, 0.25) is 0 Å². The summed E-state index contributed by atoms with van der Waals surface area (Å²) in [7, 11) is 0. The van der Waals surface area contributed by atoms with Crippen LogP contribution in [0.15, 0.2) is 34.9 Å². The highest BCUT2D eigenvalue weighted by Crippen LogP contribution is 2.21. The minimum atomic E-state index is 0.473. The first-order chi connectivity index (χ1) is 10.2. The van der Waals surface area contributed by atoms with Crippen LogP contribution in [0.4, 0.5) is 0 Å². The number of aryl methyl sites for hydroxylation is 1. The van der Waals surface area contributed by atoms with E-state index in [0.29, 0.717) is 11.9 Å². The lowest BCUT2D eigenvalue weighted by Crippen LogP contribution is -2.46. The SMILES string of the molecule is Cc1nc(CN2CCN(C(C)c3ccccc3)CC2)no1. The van der Waals surface area contributed by atoms with Gasteiger partial charge in [-0.2, -0.15) is 4.98 Å². The number of piperazine rings is 1. The second-order valence-electron chi connectivity index (χ2n) is 5.63. The van der Waals surface area contributed by atoms with E-state index in [1.165, 1.54) is 5.56 Å². The molecule has 2 heterocycles. The van der Waals surface area contributed by atoms with Gasteiger partial charge in [0.15, 0.2) is 5.82 Å². The van der Waals surface area contributed by atoms with E-state index in [9.17, 15) is 0 Å². The summed E-state index contributed by atoms with van der Waals surface area (Å²) in [5.41, 5.74) is 1.39. The first-order valence-electron chi connectivity index (χ1n) is 7.53. The van der Waals surface area contributed by atoms with Crippen molar-refractivity contribution in [1.29, 1.82) is 0 Å². The number of nitrogens with zero attached hydrogens (tertiary/aromatic N) is 4. The highest BCUT2D eigenvalue weighted by molar-refractivity contribution is 5.18. The molecule has 0 radical (unpaired) electrons. The fourth-order valence-corrected chi connectivity index (χ4v) is 2.86. The van der Waals surface area contributed by atoms with Crippen molar-refractivity contribution in [2.24, 2.45) is 0 Å². The maximum absolute atomic E-state index is 5.03. The fraction of sp³-hybridized carbons (Fsp3) is 0.500. The summed E-state index contributed by atoms with van der Waals surface area (Å²) in [5.74, 6) is 1.43. The van der Waals surface area contributed by atoms with Gasteiger partial charge in [-0.15, -0.1) is 0 Å². The highest BCUT2D eigenvalue weighted by Gasteiger charge is 2.22. The standard InChI is InChI=1S/C16H22N4O/c1-13(15-6-4-3-5-7-15)20-10-8-19(9-11-20)12-16-17-14(2)21-18-16/h3-7,13H,8-12H2,1-2H3. The van der Waals surface area contributed by atoms with Gasteiger partial charge in [-0.05, 0) is 12.5 Å². The Hall–Kier alpha value is -1.72. The molecule has 0 saturated carbocycles. The summed E-state index contributed by atoms with van der Waals surface area (Å²) in [4.78, 5) is 9.20. The van der Waals surface area contributed by atoms with Crippen molar-refractivity contribution in [2.45, 2.75) is 26.4 Å². The second-order valence-corrected chi connectivity index (χ2v) is 5.63. The third kappa shape index (κ3) is 3.49. The molecule has 3 rings (SSSR count). The fourth-order valence-electron chi connectivity index (χ4n) is 2.86. The predicted octanol–water partition coefficient (Wildman–Crippen LogP) is 2.26. The summed E-state index contributed by atoms with van der Waals surface area (Å²) >= 11 is 0. The van der Waals surface area contributed by atoms with Crippen LogP contribution in [0.3, 0.4) is 0 Å². The molecule has 1 aromatic heterocycles. The van der Waals surface area contributed by atoms with E-state index in [0.717, 1.165) is 38.5 Å². The lowest BCUT2D eigenvalue weighted by atomic mass is 10.1. The normalized spacial score (nSPS) is 18.8. The van der Waals surface area contributed by atoms with Crippen LogP contribution in [0.5, 0.6) is 0 Å². The number of benzene rings is 1. The van der Waals surface area contributed by atoms with Gasteiger partial charge in [-0.1, -0.05) is 35.5 Å². The molecule has 5 heteroatoms. The average Bonchev–Trinajstić information content (AvgIpc) is 2.93. The second kappa shape index (κ2) is 6.37. The van der Waals surface area contributed by atoms with Gasteiger partial charge in [-0.25, -0.2) is 0 Å². The molecule has 1 fully saturated rings. The maximum Gasteiger partial charge on any atom is 0.223 e. The Morgan fingerprint density at radius 3 is 2.48 bits per heavy atom. The minimum absolute atomic E-state index is 0.473. The van der Waals surface area contributed by atoms with E-state index in [1.807, 2.05) is 6.92 Å². The average molecular weight is 286 g/mol. The number of rotatable bonds is 4. The molecular formula is C16H22N4O. The topological polar surface area (TPSA) is 45.4 Å². The quantitative estimate of drug-likeness (QED) is 0.862. The summed E-state index contributed by atoms with van der Waals surface area (Å²) in [6.45, 7) is 9.14. The molecule has 1 unspecified atom stereocenters. The van der Waals surface area contributed by atoms with Gasteiger partial charge in [0.1, 0.15) is 0 Å². The van der Waals surface area contributed by atoms with Gasteiger partial charge < -0.3 is 4.52 Å². The summed E-state index contributed by atoms with van der Waals surface area (Å²) in [5, 5.41) is 3.97. The predicted molar refractivity (Wildman–Crippen MR) is 80.7 cm³/mol. The molecule has 1 aliphatic rings. The first kappa shape index (κ1) is 14.2. The van der Waals surface area contributed by atoms with Crippen LogP contribution in [-0.4, -0.2) is 46.1 Å². The molecule has 112 valence electrons. The largest absolute Gasteiger partial charge is 0.340 e. The van der Waals surface area contributed by atoms with E-state index in [2.05, 4.69) is 57.2 Å². The van der Waals surface area contributed by atoms with Crippen LogP contribution in [0, 0.1) is 6.92 Å². The molecule has 0 amide bonds. The Kier molecular flexibility index (Phi) is 4.31. The third-order valence-electron chi connectivity index (χ3n) is 4.17. The maximum atomic E-state index is 5.03. The van der Waals surface area contributed by atoms with E-state index < -0.39 is 0 Å². The van der Waals surface area contributed by atoms with Crippen molar-refractivity contribution < 1.29 is 4.52 Å². The van der Waals surface area contributed by atoms with Gasteiger partial charge in [0.05, 0.1) is 6.54 Å². The van der Waals surface area contributed by atoms with Crippen molar-refractivity contribution in [1.82, 2.24) is 19.9 Å². The van der Waals surface area contributed by atoms with Crippen molar-refractivity contribution in [3.8, 4) is 0 Å². The van der Waals surface area contributed by atoms with E-state index in [-0.39, 0.29) is 0 Å². The van der Waals surface area contributed by atoms with Gasteiger partial charge in [-0.3, -0.25) is 9.80 Å². The molecule has 1 aromatic carbocycles. The summed E-state index contributed by atoms with van der Waals surface area (Å²) in [6.07, 6.45) is 0. The number of hydrogen-bond acceptors (Lipinski definition) is 5. The Bertz CT molecular complexity index is 561. The Morgan fingerprint density at radius 2 is 1.86 bits per heavy atom. The van der Waals surface area contributed by atoms with Gasteiger partial charge in [0, 0.05) is 39.1 Å². The molecule has 0 bridgehead atoms. The zero-order valence-corrected chi connectivity index (χ0v) is 12.7. The molecule has 0 spiro atoms. The van der Waals surface area contributed by atoms with Gasteiger partial charge in [0.2, 0.25) is 5.89 Å². The van der Waals surface area contributed by atoms with Gasteiger partial charge in [0.25, 0.3) is 0 Å². The van der Waals surface area contributed by atoms with E-state index >= 15 is 0 Å². The van der Waals surface area contributed by atoms with Crippen molar-refractivity contribution in [3.05, 3.63) is 47.6 Å². The Balaban J connectivity index is 1.53. The Morgan fingerprint density at radius 1 is 1.14 bits per heavy atom. The monoisotopic (exact) mass is 286 g/mol. The number of aromatic nitrogens is 2. The van der Waals surface area contributed by atoms with Crippen LogP contribution in [-0.2, 0) is 6.54 Å². The van der Waals surface area contributed by atoms with Crippen LogP contribution < -0.4 is 0 Å². The molecule has 1 saturated heterocycles. The van der Waals surface area contributed by atoms with Crippen molar-refractivity contribution in [3.63, 3.8) is 0 Å². The molecule has 21 heavy (non-hydrogen) atoms. The van der Waals surface area contributed by atoms with E-state index in [1.54, 1.807) is 0 Å². The van der Waals surface area contributed by atoms with Crippen molar-refractivity contribution in [2.75, 3.05) is 26.2 Å². The molecular weight excluding hydrogens is 264 g/mol. The van der Waals surface area contributed by atoms with Crippen LogP contribution in [0.1, 0.15) is 30.2 Å². The lowest BCUT2D eigenvalue weighted by molar-refractivity contribution is 0.0956. The first-order valence-corrected chi connectivity index (χ1v) is 7.53. The molecule has 2 aromatic rings. The summed E-state index contributed by atoms with van der Waals surface area (Å²) in [6, 6.07) is 11.2. The lowest BCUT2D eigenvalue weighted by Gasteiger charge is -2.37. The number of hydrogen-bond donors (Lipinski definition) is 0. The van der Waals surface area contributed by atoms with E-state index in [4.69, 9.17) is 4.52 Å². The van der Waals surface area contributed by atoms with Crippen molar-refractivity contribution >= 4 is 0 Å². The van der Waals surface area contributed by atoms with Crippen LogP contribution >= 0.6 is 0 Å². The third-order valence-corrected chi connectivity index (χ3v) is 4.17. The summed E-state index contributed by atoms with van der Waals surface area (Å²) < 4.78 is 5.03. The highest BCUT2D eigenvalue weighted by atomic mass is 16.5. The zero-order chi connectivity index (χ0) is 14.7. The van der Waals surface area contributed by atoms with Gasteiger partial charge >= 0.3 is 0 Å². The molecule has 5 nitrogen and oxygen atoms in total. The molecule has 0 aliphatic carbocycles. The molecule has 0 N–H and O–H groups in total. The minimum Gasteiger partial charge on any atom is -0.340 e. The Labute approximate surface area is 125 Å². The molecule has 1 aliphatic heterocycles. The smallest absolute Gasteiger partial charge is 0.223 e.